The molecule has 2 aliphatic heterocycles. The number of amides is 1. The molecule has 2 saturated heterocycles. The van der Waals surface area contributed by atoms with Crippen molar-refractivity contribution in [2.75, 3.05) is 31.9 Å². The van der Waals surface area contributed by atoms with Gasteiger partial charge in [0.25, 0.3) is 0 Å². The number of carbonyl (C=O) groups is 1. The zero-order chi connectivity index (χ0) is 15.6. The molecule has 2 aliphatic rings. The number of anilines is 1. The molecule has 2 fully saturated rings. The van der Waals surface area contributed by atoms with Gasteiger partial charge in [0.1, 0.15) is 6.10 Å². The summed E-state index contributed by atoms with van der Waals surface area (Å²) in [6.45, 7) is 5.46. The van der Waals surface area contributed by atoms with Gasteiger partial charge < -0.3 is 20.7 Å². The topological polar surface area (TPSA) is 80.5 Å². The van der Waals surface area contributed by atoms with Gasteiger partial charge in [-0.2, -0.15) is 0 Å². The van der Waals surface area contributed by atoms with Crippen LogP contribution in [0.3, 0.4) is 0 Å². The number of pyridine rings is 1. The summed E-state index contributed by atoms with van der Waals surface area (Å²) in [6, 6.07) is 3.88. The number of carbonyl (C=O) groups excluding carboxylic acids is 1. The molecule has 6 nitrogen and oxygen atoms in total. The number of hydrogen-bond acceptors (Lipinski definition) is 5. The van der Waals surface area contributed by atoms with E-state index in [2.05, 4.69) is 15.2 Å². The Morgan fingerprint density at radius 2 is 2.23 bits per heavy atom. The third-order valence-electron chi connectivity index (χ3n) is 4.68. The molecule has 1 unspecified atom stereocenters. The monoisotopic (exact) mass is 304 g/mol. The smallest absolute Gasteiger partial charge is 0.248 e. The fourth-order valence-electron chi connectivity index (χ4n) is 3.20. The first-order chi connectivity index (χ1) is 10.6. The van der Waals surface area contributed by atoms with E-state index in [-0.39, 0.29) is 17.6 Å². The average molecular weight is 304 g/mol. The number of likely N-dealkylation sites (tertiary alicyclic amines) is 1. The van der Waals surface area contributed by atoms with Crippen LogP contribution in [0.5, 0.6) is 0 Å². The molecule has 0 radical (unpaired) electrons. The van der Waals surface area contributed by atoms with E-state index in [1.165, 1.54) is 0 Å². The molecule has 1 amide bonds. The van der Waals surface area contributed by atoms with Crippen molar-refractivity contribution in [3.8, 4) is 0 Å². The minimum atomic E-state index is -0.334. The number of nitrogens with one attached hydrogen (secondary N) is 1. The molecule has 1 aromatic heterocycles. The Hall–Kier alpha value is -1.66. The van der Waals surface area contributed by atoms with Crippen LogP contribution in [0.4, 0.5) is 5.69 Å². The van der Waals surface area contributed by atoms with Crippen molar-refractivity contribution < 1.29 is 9.53 Å². The van der Waals surface area contributed by atoms with Crippen LogP contribution in [-0.2, 0) is 16.0 Å². The average Bonchev–Trinajstić information content (AvgIpc) is 2.53. The van der Waals surface area contributed by atoms with Crippen molar-refractivity contribution in [1.82, 2.24) is 15.2 Å². The number of aromatic nitrogens is 1. The molecule has 0 saturated carbocycles. The molecule has 3 heterocycles. The van der Waals surface area contributed by atoms with Crippen LogP contribution in [0.2, 0.25) is 0 Å². The van der Waals surface area contributed by atoms with E-state index in [1.807, 2.05) is 19.1 Å². The first-order valence-electron chi connectivity index (χ1n) is 7.95. The molecule has 1 aromatic rings. The van der Waals surface area contributed by atoms with Gasteiger partial charge in [-0.1, -0.05) is 0 Å². The van der Waals surface area contributed by atoms with Gasteiger partial charge in [-0.25, -0.2) is 0 Å². The highest BCUT2D eigenvalue weighted by Gasteiger charge is 2.41. The number of nitrogens with zero attached hydrogens (tertiary/aromatic N) is 2. The number of morpholine rings is 1. The summed E-state index contributed by atoms with van der Waals surface area (Å²) in [5.74, 6) is 0.00230. The van der Waals surface area contributed by atoms with Crippen molar-refractivity contribution in [2.45, 2.75) is 37.9 Å². The number of nitrogens with two attached hydrogens (primary N) is 1. The fraction of sp³-hybridized carbons (Fsp3) is 0.625. The summed E-state index contributed by atoms with van der Waals surface area (Å²) < 4.78 is 5.99. The largest absolute Gasteiger partial charge is 0.397 e. The highest BCUT2D eigenvalue weighted by Crippen LogP contribution is 2.29. The second-order valence-corrected chi connectivity index (χ2v) is 6.34. The van der Waals surface area contributed by atoms with Crippen molar-refractivity contribution >= 4 is 11.6 Å². The van der Waals surface area contributed by atoms with Gasteiger partial charge in [-0.05, 0) is 31.9 Å². The van der Waals surface area contributed by atoms with Gasteiger partial charge in [0.2, 0.25) is 5.91 Å². The van der Waals surface area contributed by atoms with E-state index in [0.717, 1.165) is 44.6 Å². The van der Waals surface area contributed by atoms with E-state index >= 15 is 0 Å². The molecule has 0 aromatic carbocycles. The van der Waals surface area contributed by atoms with Crippen LogP contribution in [0.1, 0.15) is 25.5 Å². The number of hydrogen-bond donors (Lipinski definition) is 2. The van der Waals surface area contributed by atoms with E-state index in [4.69, 9.17) is 10.5 Å². The van der Waals surface area contributed by atoms with Gasteiger partial charge in [0.15, 0.2) is 0 Å². The molecule has 1 atom stereocenters. The third kappa shape index (κ3) is 3.39. The number of nitrogen functional groups attached to an aromatic ring is 1. The predicted molar refractivity (Wildman–Crippen MR) is 84.3 cm³/mol. The number of ether oxygens (including phenoxy) is 1. The van der Waals surface area contributed by atoms with Crippen LogP contribution >= 0.6 is 0 Å². The van der Waals surface area contributed by atoms with E-state index in [0.29, 0.717) is 12.2 Å². The Bertz CT molecular complexity index is 523. The lowest BCUT2D eigenvalue weighted by atomic mass is 9.89. The lowest BCUT2D eigenvalue weighted by Crippen LogP contribution is -2.60. The zero-order valence-electron chi connectivity index (χ0n) is 13.0. The molecule has 22 heavy (non-hydrogen) atoms. The molecule has 6 heteroatoms. The Morgan fingerprint density at radius 1 is 1.45 bits per heavy atom. The van der Waals surface area contributed by atoms with Gasteiger partial charge in [0.05, 0.1) is 17.5 Å². The Labute approximate surface area is 131 Å². The van der Waals surface area contributed by atoms with Gasteiger partial charge in [-0.3, -0.25) is 9.78 Å². The maximum Gasteiger partial charge on any atom is 0.248 e. The summed E-state index contributed by atoms with van der Waals surface area (Å²) in [5.41, 5.74) is 7.26. The predicted octanol–water partition coefficient (Wildman–Crippen LogP) is 0.576. The normalized spacial score (nSPS) is 25.1. The quantitative estimate of drug-likeness (QED) is 0.853. The lowest BCUT2D eigenvalue weighted by molar-refractivity contribution is -0.167. The maximum absolute atomic E-state index is 11.5. The highest BCUT2D eigenvalue weighted by atomic mass is 16.5. The van der Waals surface area contributed by atoms with Gasteiger partial charge in [-0.15, -0.1) is 0 Å². The van der Waals surface area contributed by atoms with Crippen LogP contribution < -0.4 is 11.1 Å². The maximum atomic E-state index is 11.5. The molecule has 3 N–H and O–H groups in total. The number of rotatable bonds is 3. The molecular weight excluding hydrogens is 280 g/mol. The Morgan fingerprint density at radius 3 is 2.86 bits per heavy atom. The summed E-state index contributed by atoms with van der Waals surface area (Å²) in [7, 11) is 0. The first-order valence-corrected chi connectivity index (χ1v) is 7.95. The SMILES string of the molecule is CC1OC2(CCN(CCc3ccc(N)cn3)CC2)CNC1=O. The van der Waals surface area contributed by atoms with Crippen molar-refractivity contribution in [3.05, 3.63) is 24.0 Å². The first kappa shape index (κ1) is 15.2. The Balaban J connectivity index is 1.47. The van der Waals surface area contributed by atoms with Gasteiger partial charge in [0, 0.05) is 38.3 Å². The van der Waals surface area contributed by atoms with Crippen molar-refractivity contribution in [3.63, 3.8) is 0 Å². The van der Waals surface area contributed by atoms with Crippen LogP contribution in [0.25, 0.3) is 0 Å². The summed E-state index contributed by atoms with van der Waals surface area (Å²) in [6.07, 6.45) is 4.24. The van der Waals surface area contributed by atoms with Crippen LogP contribution in [0.15, 0.2) is 18.3 Å². The Kier molecular flexibility index (Phi) is 4.31. The minimum absolute atomic E-state index is 0.00230. The highest BCUT2D eigenvalue weighted by molar-refractivity contribution is 5.81. The van der Waals surface area contributed by atoms with E-state index in [1.54, 1.807) is 6.20 Å². The van der Waals surface area contributed by atoms with E-state index < -0.39 is 0 Å². The minimum Gasteiger partial charge on any atom is -0.397 e. The molecular formula is C16H24N4O2. The van der Waals surface area contributed by atoms with Crippen molar-refractivity contribution in [2.24, 2.45) is 0 Å². The fourth-order valence-corrected chi connectivity index (χ4v) is 3.20. The standard InChI is InChI=1S/C16H24N4O2/c1-12-15(21)19-11-16(22-12)5-8-20(9-6-16)7-4-14-3-2-13(17)10-18-14/h2-3,10,12H,4-9,11,17H2,1H3,(H,19,21). The molecule has 0 bridgehead atoms. The summed E-state index contributed by atoms with van der Waals surface area (Å²) >= 11 is 0. The van der Waals surface area contributed by atoms with Gasteiger partial charge >= 0.3 is 0 Å². The number of piperidine rings is 1. The van der Waals surface area contributed by atoms with Crippen LogP contribution in [-0.4, -0.2) is 53.7 Å². The third-order valence-corrected chi connectivity index (χ3v) is 4.68. The molecule has 120 valence electrons. The van der Waals surface area contributed by atoms with Crippen molar-refractivity contribution in [1.29, 1.82) is 0 Å². The van der Waals surface area contributed by atoms with E-state index in [9.17, 15) is 4.79 Å². The molecule has 0 aliphatic carbocycles. The molecule has 3 rings (SSSR count). The second kappa shape index (κ2) is 6.22. The summed E-state index contributed by atoms with van der Waals surface area (Å²) in [5, 5.41) is 2.97. The van der Waals surface area contributed by atoms with Crippen LogP contribution in [0, 0.1) is 0 Å². The summed E-state index contributed by atoms with van der Waals surface area (Å²) in [4.78, 5) is 18.3. The second-order valence-electron chi connectivity index (χ2n) is 6.34. The molecule has 1 spiro atoms. The zero-order valence-corrected chi connectivity index (χ0v) is 13.0. The lowest BCUT2D eigenvalue weighted by Gasteiger charge is -2.45.